The van der Waals surface area contributed by atoms with Gasteiger partial charge in [-0.2, -0.15) is 5.26 Å². The van der Waals surface area contributed by atoms with E-state index in [9.17, 15) is 4.79 Å². The van der Waals surface area contributed by atoms with Crippen molar-refractivity contribution in [3.63, 3.8) is 0 Å². The monoisotopic (exact) mass is 246 g/mol. The Labute approximate surface area is 107 Å². The highest BCUT2D eigenvalue weighted by Gasteiger charge is 2.19. The fraction of sp³-hybridized carbons (Fsp3) is 0.429. The summed E-state index contributed by atoms with van der Waals surface area (Å²) >= 11 is 0. The Hall–Kier alpha value is -1.86. The van der Waals surface area contributed by atoms with Crippen molar-refractivity contribution in [2.45, 2.75) is 32.2 Å². The van der Waals surface area contributed by atoms with E-state index in [0.29, 0.717) is 12.0 Å². The fourth-order valence-electron chi connectivity index (χ4n) is 1.65. The van der Waals surface area contributed by atoms with Crippen molar-refractivity contribution >= 4 is 5.91 Å². The van der Waals surface area contributed by atoms with Gasteiger partial charge in [-0.3, -0.25) is 4.79 Å². The van der Waals surface area contributed by atoms with Crippen LogP contribution in [-0.2, 0) is 11.2 Å². The number of aliphatic hydroxyl groups is 1. The summed E-state index contributed by atoms with van der Waals surface area (Å²) in [7, 11) is 0. The van der Waals surface area contributed by atoms with Crippen molar-refractivity contribution in [3.8, 4) is 6.07 Å². The standard InChI is InChI=1S/C14H18N2O2/c1-14(2,7-8-17)16-13(18)9-11-3-5-12(10-15)6-4-11/h3-6,17H,7-9H2,1-2H3,(H,16,18). The average molecular weight is 246 g/mol. The SMILES string of the molecule is CC(C)(CCO)NC(=O)Cc1ccc(C#N)cc1. The molecule has 1 rings (SSSR count). The van der Waals surface area contributed by atoms with Crippen molar-refractivity contribution < 1.29 is 9.90 Å². The molecule has 0 bridgehead atoms. The smallest absolute Gasteiger partial charge is 0.224 e. The van der Waals surface area contributed by atoms with Crippen LogP contribution in [0.15, 0.2) is 24.3 Å². The Bertz CT molecular complexity index is 444. The van der Waals surface area contributed by atoms with Gasteiger partial charge in [-0.1, -0.05) is 12.1 Å². The van der Waals surface area contributed by atoms with E-state index in [-0.39, 0.29) is 18.9 Å². The Morgan fingerprint density at radius 3 is 2.50 bits per heavy atom. The van der Waals surface area contributed by atoms with Crippen LogP contribution >= 0.6 is 0 Å². The highest BCUT2D eigenvalue weighted by atomic mass is 16.3. The second-order valence-corrected chi connectivity index (χ2v) is 4.89. The van der Waals surface area contributed by atoms with E-state index in [1.165, 1.54) is 0 Å². The lowest BCUT2D eigenvalue weighted by molar-refractivity contribution is -0.122. The number of hydrogen-bond donors (Lipinski definition) is 2. The second kappa shape index (κ2) is 6.18. The number of carbonyl (C=O) groups excluding carboxylic acids is 1. The molecular formula is C14H18N2O2. The van der Waals surface area contributed by atoms with Crippen LogP contribution in [0.5, 0.6) is 0 Å². The lowest BCUT2D eigenvalue weighted by atomic mass is 10.0. The zero-order chi connectivity index (χ0) is 13.6. The van der Waals surface area contributed by atoms with E-state index in [2.05, 4.69) is 5.32 Å². The molecule has 0 radical (unpaired) electrons. The highest BCUT2D eigenvalue weighted by Crippen LogP contribution is 2.09. The van der Waals surface area contributed by atoms with Crippen molar-refractivity contribution in [1.29, 1.82) is 5.26 Å². The summed E-state index contributed by atoms with van der Waals surface area (Å²) in [6.45, 7) is 3.80. The zero-order valence-electron chi connectivity index (χ0n) is 10.7. The van der Waals surface area contributed by atoms with Crippen molar-refractivity contribution in [2.75, 3.05) is 6.61 Å². The molecule has 4 heteroatoms. The summed E-state index contributed by atoms with van der Waals surface area (Å²) in [5, 5.41) is 20.4. The van der Waals surface area contributed by atoms with Gasteiger partial charge < -0.3 is 10.4 Å². The molecule has 18 heavy (non-hydrogen) atoms. The van der Waals surface area contributed by atoms with Crippen LogP contribution < -0.4 is 5.32 Å². The summed E-state index contributed by atoms with van der Waals surface area (Å²) in [4.78, 5) is 11.8. The van der Waals surface area contributed by atoms with Crippen LogP contribution in [0.4, 0.5) is 0 Å². The van der Waals surface area contributed by atoms with Crippen LogP contribution in [0.1, 0.15) is 31.4 Å². The number of nitrogens with one attached hydrogen (secondary N) is 1. The molecule has 0 spiro atoms. The maximum Gasteiger partial charge on any atom is 0.224 e. The van der Waals surface area contributed by atoms with Gasteiger partial charge in [0.15, 0.2) is 0 Å². The maximum atomic E-state index is 11.8. The molecule has 0 aliphatic rings. The van der Waals surface area contributed by atoms with Crippen LogP contribution in [0, 0.1) is 11.3 Å². The minimum atomic E-state index is -0.404. The molecule has 2 N–H and O–H groups in total. The van der Waals surface area contributed by atoms with E-state index >= 15 is 0 Å². The van der Waals surface area contributed by atoms with Gasteiger partial charge in [0, 0.05) is 12.1 Å². The highest BCUT2D eigenvalue weighted by molar-refractivity contribution is 5.79. The van der Waals surface area contributed by atoms with Crippen molar-refractivity contribution in [1.82, 2.24) is 5.32 Å². The Balaban J connectivity index is 2.57. The Morgan fingerprint density at radius 2 is 2.00 bits per heavy atom. The first kappa shape index (κ1) is 14.2. The fourth-order valence-corrected chi connectivity index (χ4v) is 1.65. The van der Waals surface area contributed by atoms with Crippen LogP contribution in [0.25, 0.3) is 0 Å². The second-order valence-electron chi connectivity index (χ2n) is 4.89. The number of hydrogen-bond acceptors (Lipinski definition) is 3. The molecule has 0 saturated heterocycles. The Kier molecular flexibility index (Phi) is 4.87. The topological polar surface area (TPSA) is 73.1 Å². The number of nitrogens with zero attached hydrogens (tertiary/aromatic N) is 1. The summed E-state index contributed by atoms with van der Waals surface area (Å²) in [5.41, 5.74) is 1.05. The van der Waals surface area contributed by atoms with Crippen LogP contribution in [-0.4, -0.2) is 23.2 Å². The minimum Gasteiger partial charge on any atom is -0.396 e. The molecular weight excluding hydrogens is 228 g/mol. The van der Waals surface area contributed by atoms with Gasteiger partial charge in [-0.05, 0) is 38.0 Å². The minimum absolute atomic E-state index is 0.0458. The quantitative estimate of drug-likeness (QED) is 0.824. The maximum absolute atomic E-state index is 11.8. The van der Waals surface area contributed by atoms with Gasteiger partial charge >= 0.3 is 0 Å². The molecule has 4 nitrogen and oxygen atoms in total. The van der Waals surface area contributed by atoms with Gasteiger partial charge in [-0.15, -0.1) is 0 Å². The first-order valence-corrected chi connectivity index (χ1v) is 5.88. The zero-order valence-corrected chi connectivity index (χ0v) is 10.7. The first-order chi connectivity index (χ1) is 8.46. The number of rotatable bonds is 5. The van der Waals surface area contributed by atoms with E-state index in [4.69, 9.17) is 10.4 Å². The lowest BCUT2D eigenvalue weighted by Gasteiger charge is -2.25. The van der Waals surface area contributed by atoms with E-state index in [1.807, 2.05) is 19.9 Å². The number of amides is 1. The Morgan fingerprint density at radius 1 is 1.39 bits per heavy atom. The molecule has 0 unspecified atom stereocenters. The predicted molar refractivity (Wildman–Crippen MR) is 68.8 cm³/mol. The number of aliphatic hydroxyl groups excluding tert-OH is 1. The normalized spacial score (nSPS) is 10.8. The van der Waals surface area contributed by atoms with Crippen molar-refractivity contribution in [2.24, 2.45) is 0 Å². The lowest BCUT2D eigenvalue weighted by Crippen LogP contribution is -2.44. The molecule has 0 aromatic heterocycles. The third-order valence-electron chi connectivity index (χ3n) is 2.66. The van der Waals surface area contributed by atoms with Gasteiger partial charge in [0.2, 0.25) is 5.91 Å². The first-order valence-electron chi connectivity index (χ1n) is 5.88. The van der Waals surface area contributed by atoms with Crippen molar-refractivity contribution in [3.05, 3.63) is 35.4 Å². The van der Waals surface area contributed by atoms with E-state index in [1.54, 1.807) is 24.3 Å². The predicted octanol–water partition coefficient (Wildman–Crippen LogP) is 1.38. The van der Waals surface area contributed by atoms with Gasteiger partial charge in [0.05, 0.1) is 18.1 Å². The van der Waals surface area contributed by atoms with E-state index < -0.39 is 5.54 Å². The van der Waals surface area contributed by atoms with Gasteiger partial charge in [-0.25, -0.2) is 0 Å². The van der Waals surface area contributed by atoms with Gasteiger partial charge in [0.25, 0.3) is 0 Å². The third kappa shape index (κ3) is 4.56. The summed E-state index contributed by atoms with van der Waals surface area (Å²) in [6, 6.07) is 8.98. The average Bonchev–Trinajstić information content (AvgIpc) is 2.28. The molecule has 0 aliphatic heterocycles. The molecule has 0 saturated carbocycles. The van der Waals surface area contributed by atoms with Gasteiger partial charge in [0.1, 0.15) is 0 Å². The molecule has 1 amide bonds. The molecule has 1 aromatic rings. The molecule has 0 aliphatic carbocycles. The number of nitriles is 1. The molecule has 0 heterocycles. The number of carbonyl (C=O) groups is 1. The molecule has 1 aromatic carbocycles. The van der Waals surface area contributed by atoms with Crippen LogP contribution in [0.3, 0.4) is 0 Å². The third-order valence-corrected chi connectivity index (χ3v) is 2.66. The summed E-state index contributed by atoms with van der Waals surface area (Å²) in [6.07, 6.45) is 0.798. The van der Waals surface area contributed by atoms with E-state index in [0.717, 1.165) is 5.56 Å². The molecule has 0 atom stereocenters. The number of benzene rings is 1. The largest absolute Gasteiger partial charge is 0.396 e. The van der Waals surface area contributed by atoms with Crippen LogP contribution in [0.2, 0.25) is 0 Å². The summed E-state index contributed by atoms with van der Waals surface area (Å²) < 4.78 is 0. The molecule has 0 fully saturated rings. The summed E-state index contributed by atoms with van der Waals surface area (Å²) in [5.74, 6) is -0.0850. The molecule has 96 valence electrons.